The maximum absolute atomic E-state index is 5.78. The van der Waals surface area contributed by atoms with Crippen molar-refractivity contribution in [3.63, 3.8) is 0 Å². The molecule has 2 fully saturated rings. The van der Waals surface area contributed by atoms with Crippen molar-refractivity contribution in [1.82, 2.24) is 4.90 Å². The lowest BCUT2D eigenvalue weighted by Gasteiger charge is -2.50. The second-order valence-corrected chi connectivity index (χ2v) is 6.18. The Hall–Kier alpha value is 0.270. The van der Waals surface area contributed by atoms with Crippen LogP contribution in [-0.4, -0.2) is 41.1 Å². The highest BCUT2D eigenvalue weighted by Gasteiger charge is 2.39. The van der Waals surface area contributed by atoms with Crippen molar-refractivity contribution >= 4 is 11.8 Å². The van der Waals surface area contributed by atoms with E-state index < -0.39 is 0 Å². The highest BCUT2D eigenvalue weighted by atomic mass is 32.2. The molecule has 2 N–H and O–H groups in total. The molecule has 3 heteroatoms. The smallest absolute Gasteiger partial charge is 0.0187 e. The van der Waals surface area contributed by atoms with E-state index in [0.29, 0.717) is 0 Å². The molecule has 82 valence electrons. The van der Waals surface area contributed by atoms with Gasteiger partial charge in [0.25, 0.3) is 0 Å². The third-order valence-electron chi connectivity index (χ3n) is 4.04. The van der Waals surface area contributed by atoms with Gasteiger partial charge in [-0.1, -0.05) is 6.92 Å². The van der Waals surface area contributed by atoms with E-state index in [4.69, 9.17) is 5.73 Å². The van der Waals surface area contributed by atoms with E-state index in [1.54, 1.807) is 0 Å². The van der Waals surface area contributed by atoms with Crippen LogP contribution in [0.1, 0.15) is 26.7 Å². The first-order valence-corrected chi connectivity index (χ1v) is 6.86. The van der Waals surface area contributed by atoms with Gasteiger partial charge in [-0.15, -0.1) is 0 Å². The summed E-state index contributed by atoms with van der Waals surface area (Å²) in [7, 11) is 0. The summed E-state index contributed by atoms with van der Waals surface area (Å²) in [5.41, 5.74) is 5.78. The zero-order valence-electron chi connectivity index (χ0n) is 9.28. The van der Waals surface area contributed by atoms with Crippen LogP contribution in [0.4, 0.5) is 0 Å². The van der Waals surface area contributed by atoms with Gasteiger partial charge < -0.3 is 5.73 Å². The predicted octanol–water partition coefficient (Wildman–Crippen LogP) is 1.55. The first-order chi connectivity index (χ1) is 6.74. The van der Waals surface area contributed by atoms with Gasteiger partial charge in [0.15, 0.2) is 0 Å². The Kier molecular flexibility index (Phi) is 3.40. The van der Waals surface area contributed by atoms with Crippen LogP contribution in [0, 0.1) is 5.92 Å². The summed E-state index contributed by atoms with van der Waals surface area (Å²) >= 11 is 2.12. The molecule has 4 atom stereocenters. The number of nitrogens with zero attached hydrogens (tertiary/aromatic N) is 1. The second-order valence-electron chi connectivity index (χ2n) is 4.69. The molecule has 0 bridgehead atoms. The summed E-state index contributed by atoms with van der Waals surface area (Å²) in [4.78, 5) is 2.71. The molecule has 0 aromatic heterocycles. The number of nitrogens with two attached hydrogens (primary N) is 1. The molecule has 0 aromatic carbocycles. The lowest BCUT2D eigenvalue weighted by Crippen LogP contribution is -2.57. The Balaban J connectivity index is 1.95. The summed E-state index contributed by atoms with van der Waals surface area (Å²) < 4.78 is 0. The van der Waals surface area contributed by atoms with Crippen molar-refractivity contribution in [1.29, 1.82) is 0 Å². The van der Waals surface area contributed by atoms with Crippen LogP contribution >= 0.6 is 11.8 Å². The lowest BCUT2D eigenvalue weighted by atomic mass is 9.78. The average Bonchev–Trinajstić information content (AvgIpc) is 2.12. The molecule has 14 heavy (non-hydrogen) atoms. The quantitative estimate of drug-likeness (QED) is 0.756. The lowest BCUT2D eigenvalue weighted by molar-refractivity contribution is 0.0390. The fourth-order valence-corrected chi connectivity index (χ4v) is 3.81. The van der Waals surface area contributed by atoms with Gasteiger partial charge in [-0.3, -0.25) is 4.90 Å². The zero-order chi connectivity index (χ0) is 10.1. The summed E-state index contributed by atoms with van der Waals surface area (Å²) in [6.07, 6.45) is 2.73. The molecule has 2 rings (SSSR count). The summed E-state index contributed by atoms with van der Waals surface area (Å²) in [6.45, 7) is 6.90. The van der Waals surface area contributed by atoms with E-state index in [1.807, 2.05) is 0 Å². The van der Waals surface area contributed by atoms with Gasteiger partial charge in [-0.05, 0) is 32.2 Å². The van der Waals surface area contributed by atoms with E-state index in [0.717, 1.165) is 29.8 Å². The van der Waals surface area contributed by atoms with Crippen LogP contribution in [0.3, 0.4) is 0 Å². The Bertz CT molecular complexity index is 196. The van der Waals surface area contributed by atoms with Gasteiger partial charge in [0, 0.05) is 29.6 Å². The summed E-state index contributed by atoms with van der Waals surface area (Å²) in [5, 5.41) is 0.794. The largest absolute Gasteiger partial charge is 0.330 e. The molecule has 1 aliphatic heterocycles. The molecule has 1 saturated carbocycles. The van der Waals surface area contributed by atoms with E-state index in [-0.39, 0.29) is 0 Å². The van der Waals surface area contributed by atoms with Crippen LogP contribution in [0.5, 0.6) is 0 Å². The maximum atomic E-state index is 5.78. The third kappa shape index (κ3) is 1.82. The summed E-state index contributed by atoms with van der Waals surface area (Å²) in [6, 6.07) is 1.55. The van der Waals surface area contributed by atoms with Crippen molar-refractivity contribution in [2.75, 3.05) is 18.8 Å². The highest BCUT2D eigenvalue weighted by molar-refractivity contribution is 8.00. The van der Waals surface area contributed by atoms with Crippen LogP contribution < -0.4 is 5.73 Å². The van der Waals surface area contributed by atoms with Gasteiger partial charge in [-0.25, -0.2) is 0 Å². The average molecular weight is 214 g/mol. The van der Waals surface area contributed by atoms with Gasteiger partial charge in [-0.2, -0.15) is 11.8 Å². The molecule has 0 radical (unpaired) electrons. The SMILES string of the molecule is CC1SCCN(C2CCC2CN)C1C. The minimum absolute atomic E-state index is 0.744. The molecule has 2 aliphatic rings. The number of hydrogen-bond acceptors (Lipinski definition) is 3. The fourth-order valence-electron chi connectivity index (χ4n) is 2.69. The number of hydrogen-bond donors (Lipinski definition) is 1. The topological polar surface area (TPSA) is 29.3 Å². The van der Waals surface area contributed by atoms with Crippen LogP contribution in [-0.2, 0) is 0 Å². The zero-order valence-corrected chi connectivity index (χ0v) is 10.1. The Morgan fingerprint density at radius 1 is 1.36 bits per heavy atom. The molecular weight excluding hydrogens is 192 g/mol. The minimum atomic E-state index is 0.744. The van der Waals surface area contributed by atoms with Gasteiger partial charge >= 0.3 is 0 Å². The Labute approximate surface area is 91.6 Å². The molecule has 1 saturated heterocycles. The normalized spacial score (nSPS) is 44.8. The molecule has 0 spiro atoms. The van der Waals surface area contributed by atoms with Crippen molar-refractivity contribution in [3.05, 3.63) is 0 Å². The molecule has 1 aliphatic carbocycles. The van der Waals surface area contributed by atoms with Crippen molar-refractivity contribution < 1.29 is 0 Å². The van der Waals surface area contributed by atoms with Crippen LogP contribution in [0.2, 0.25) is 0 Å². The number of thioether (sulfide) groups is 1. The van der Waals surface area contributed by atoms with Crippen LogP contribution in [0.25, 0.3) is 0 Å². The molecule has 0 aromatic rings. The van der Waals surface area contributed by atoms with Crippen molar-refractivity contribution in [2.24, 2.45) is 11.7 Å². The Morgan fingerprint density at radius 3 is 2.71 bits per heavy atom. The van der Waals surface area contributed by atoms with Gasteiger partial charge in [0.1, 0.15) is 0 Å². The van der Waals surface area contributed by atoms with E-state index >= 15 is 0 Å². The minimum Gasteiger partial charge on any atom is -0.330 e. The van der Waals surface area contributed by atoms with E-state index in [9.17, 15) is 0 Å². The predicted molar refractivity (Wildman–Crippen MR) is 63.7 cm³/mol. The maximum Gasteiger partial charge on any atom is 0.0187 e. The third-order valence-corrected chi connectivity index (χ3v) is 5.38. The molecule has 0 amide bonds. The molecule has 1 heterocycles. The summed E-state index contributed by atoms with van der Waals surface area (Å²) in [5.74, 6) is 2.09. The van der Waals surface area contributed by atoms with E-state index in [1.165, 1.54) is 25.1 Å². The van der Waals surface area contributed by atoms with Gasteiger partial charge in [0.2, 0.25) is 0 Å². The standard InChI is InChI=1S/C11H22N2S/c1-8-9(2)14-6-5-13(8)11-4-3-10(11)7-12/h8-11H,3-7,12H2,1-2H3. The van der Waals surface area contributed by atoms with Gasteiger partial charge in [0.05, 0.1) is 0 Å². The molecule has 2 nitrogen and oxygen atoms in total. The molecule has 4 unspecified atom stereocenters. The van der Waals surface area contributed by atoms with E-state index in [2.05, 4.69) is 30.5 Å². The highest BCUT2D eigenvalue weighted by Crippen LogP contribution is 2.36. The van der Waals surface area contributed by atoms with Crippen molar-refractivity contribution in [2.45, 2.75) is 44.0 Å². The fraction of sp³-hybridized carbons (Fsp3) is 1.00. The first kappa shape index (κ1) is 10.8. The van der Waals surface area contributed by atoms with Crippen molar-refractivity contribution in [3.8, 4) is 0 Å². The molecular formula is C11H22N2S. The Morgan fingerprint density at radius 2 is 2.14 bits per heavy atom. The monoisotopic (exact) mass is 214 g/mol. The second kappa shape index (κ2) is 4.42. The first-order valence-electron chi connectivity index (χ1n) is 5.81. The van der Waals surface area contributed by atoms with Crippen LogP contribution in [0.15, 0.2) is 0 Å². The number of rotatable bonds is 2.